The molecule has 1 saturated carbocycles. The molecule has 0 spiro atoms. The average molecular weight is 291 g/mol. The summed E-state index contributed by atoms with van der Waals surface area (Å²) in [6.07, 6.45) is 3.78. The molecule has 0 bridgehead atoms. The van der Waals surface area contributed by atoms with Gasteiger partial charge < -0.3 is 5.32 Å². The van der Waals surface area contributed by atoms with E-state index < -0.39 is 0 Å². The first-order valence-electron chi connectivity index (χ1n) is 8.49. The molecule has 3 unspecified atom stereocenters. The Kier molecular flexibility index (Phi) is 5.80. The summed E-state index contributed by atoms with van der Waals surface area (Å²) in [6, 6.07) is 5.30. The van der Waals surface area contributed by atoms with E-state index in [9.17, 15) is 4.39 Å². The summed E-state index contributed by atoms with van der Waals surface area (Å²) in [5.41, 5.74) is 2.48. The lowest BCUT2D eigenvalue weighted by Crippen LogP contribution is -2.33. The van der Waals surface area contributed by atoms with Gasteiger partial charge in [0.1, 0.15) is 5.82 Å². The number of benzene rings is 1. The molecule has 1 aliphatic carbocycles. The molecule has 118 valence electrons. The van der Waals surface area contributed by atoms with E-state index in [1.54, 1.807) is 12.1 Å². The first-order chi connectivity index (χ1) is 10.0. The van der Waals surface area contributed by atoms with Gasteiger partial charge in [-0.1, -0.05) is 26.8 Å². The van der Waals surface area contributed by atoms with Gasteiger partial charge in [-0.15, -0.1) is 0 Å². The Bertz CT molecular complexity index is 455. The van der Waals surface area contributed by atoms with Crippen LogP contribution in [0.1, 0.15) is 57.1 Å². The molecular weight excluding hydrogens is 261 g/mol. The molecule has 0 saturated heterocycles. The summed E-state index contributed by atoms with van der Waals surface area (Å²) < 4.78 is 13.7. The van der Waals surface area contributed by atoms with E-state index in [1.165, 1.54) is 30.4 Å². The zero-order valence-electron chi connectivity index (χ0n) is 14.0. The maximum atomic E-state index is 13.7. The second kappa shape index (κ2) is 7.40. The lowest BCUT2D eigenvalue weighted by Gasteiger charge is -2.39. The predicted octanol–water partition coefficient (Wildman–Crippen LogP) is 4.90. The van der Waals surface area contributed by atoms with Crippen molar-refractivity contribution in [2.75, 3.05) is 13.1 Å². The number of hydrogen-bond donors (Lipinski definition) is 1. The molecule has 1 N–H and O–H groups in total. The molecule has 1 aliphatic rings. The maximum Gasteiger partial charge on any atom is 0.123 e. The Labute approximate surface area is 129 Å². The quantitative estimate of drug-likeness (QED) is 0.813. The second-order valence-corrected chi connectivity index (χ2v) is 6.99. The molecule has 0 heterocycles. The fourth-order valence-electron chi connectivity index (χ4n) is 3.84. The van der Waals surface area contributed by atoms with Crippen LogP contribution in [0.2, 0.25) is 0 Å². The van der Waals surface area contributed by atoms with Gasteiger partial charge in [0.05, 0.1) is 0 Å². The van der Waals surface area contributed by atoms with Gasteiger partial charge in [-0.3, -0.25) is 0 Å². The second-order valence-electron chi connectivity index (χ2n) is 6.99. The van der Waals surface area contributed by atoms with Crippen molar-refractivity contribution in [3.63, 3.8) is 0 Å². The highest BCUT2D eigenvalue weighted by Crippen LogP contribution is 2.43. The molecular formula is C19H30FN. The molecule has 1 aromatic rings. The van der Waals surface area contributed by atoms with Crippen LogP contribution in [-0.2, 0) is 0 Å². The fourth-order valence-corrected chi connectivity index (χ4v) is 3.84. The highest BCUT2D eigenvalue weighted by Gasteiger charge is 2.33. The van der Waals surface area contributed by atoms with Crippen LogP contribution in [-0.4, -0.2) is 13.1 Å². The molecule has 2 heteroatoms. The molecule has 3 atom stereocenters. The van der Waals surface area contributed by atoms with E-state index in [2.05, 4.69) is 33.0 Å². The number of aryl methyl sites for hydroxylation is 1. The van der Waals surface area contributed by atoms with Crippen molar-refractivity contribution in [2.24, 2.45) is 17.8 Å². The maximum absolute atomic E-state index is 13.7. The third-order valence-corrected chi connectivity index (χ3v) is 5.27. The summed E-state index contributed by atoms with van der Waals surface area (Å²) in [5.74, 6) is 2.54. The van der Waals surface area contributed by atoms with Gasteiger partial charge in [0.25, 0.3) is 0 Å². The van der Waals surface area contributed by atoms with Crippen LogP contribution >= 0.6 is 0 Å². The number of halogens is 1. The third kappa shape index (κ3) is 4.06. The number of hydrogen-bond acceptors (Lipinski definition) is 1. The summed E-state index contributed by atoms with van der Waals surface area (Å²) in [5, 5.41) is 3.50. The predicted molar refractivity (Wildman–Crippen MR) is 88.1 cm³/mol. The van der Waals surface area contributed by atoms with Crippen molar-refractivity contribution in [3.8, 4) is 0 Å². The van der Waals surface area contributed by atoms with E-state index in [0.717, 1.165) is 24.9 Å². The largest absolute Gasteiger partial charge is 0.317 e. The molecule has 2 rings (SSSR count). The Hall–Kier alpha value is -0.890. The Balaban J connectivity index is 2.25. The molecule has 0 amide bonds. The SMILES string of the molecule is CCNCC1CCC(C(C)C)CC1c1cc(F)ccc1C. The minimum atomic E-state index is -0.0931. The van der Waals surface area contributed by atoms with E-state index >= 15 is 0 Å². The standard InChI is InChI=1S/C19H30FN/c1-5-21-12-16-8-7-15(13(2)3)10-19(16)18-11-17(20)9-6-14(18)4/h6,9,11,13,15-16,19,21H,5,7-8,10,12H2,1-4H3. The molecule has 0 radical (unpaired) electrons. The van der Waals surface area contributed by atoms with Crippen LogP contribution in [0, 0.1) is 30.5 Å². The van der Waals surface area contributed by atoms with Crippen molar-refractivity contribution in [2.45, 2.75) is 52.9 Å². The van der Waals surface area contributed by atoms with Crippen molar-refractivity contribution < 1.29 is 4.39 Å². The van der Waals surface area contributed by atoms with Gasteiger partial charge in [-0.05, 0) is 86.2 Å². The van der Waals surface area contributed by atoms with Crippen LogP contribution in [0.25, 0.3) is 0 Å². The first kappa shape index (κ1) is 16.5. The van der Waals surface area contributed by atoms with Crippen LogP contribution in [0.3, 0.4) is 0 Å². The van der Waals surface area contributed by atoms with E-state index in [1.807, 2.05) is 6.07 Å². The summed E-state index contributed by atoms with van der Waals surface area (Å²) in [6.45, 7) is 11.0. The van der Waals surface area contributed by atoms with Gasteiger partial charge >= 0.3 is 0 Å². The minimum absolute atomic E-state index is 0.0931. The van der Waals surface area contributed by atoms with E-state index in [4.69, 9.17) is 0 Å². The van der Waals surface area contributed by atoms with Crippen LogP contribution in [0.4, 0.5) is 4.39 Å². The van der Waals surface area contributed by atoms with E-state index in [-0.39, 0.29) is 5.82 Å². The molecule has 1 fully saturated rings. The van der Waals surface area contributed by atoms with Crippen LogP contribution in [0.15, 0.2) is 18.2 Å². The summed E-state index contributed by atoms with van der Waals surface area (Å²) in [4.78, 5) is 0. The monoisotopic (exact) mass is 291 g/mol. The van der Waals surface area contributed by atoms with Gasteiger partial charge in [-0.2, -0.15) is 0 Å². The normalized spacial score (nSPS) is 26.3. The van der Waals surface area contributed by atoms with Crippen LogP contribution in [0.5, 0.6) is 0 Å². The van der Waals surface area contributed by atoms with E-state index in [0.29, 0.717) is 11.8 Å². The third-order valence-electron chi connectivity index (χ3n) is 5.27. The fraction of sp³-hybridized carbons (Fsp3) is 0.684. The van der Waals surface area contributed by atoms with Crippen molar-refractivity contribution in [1.82, 2.24) is 5.32 Å². The molecule has 0 aromatic heterocycles. The average Bonchev–Trinajstić information content (AvgIpc) is 2.47. The van der Waals surface area contributed by atoms with Crippen LogP contribution < -0.4 is 5.32 Å². The smallest absolute Gasteiger partial charge is 0.123 e. The Morgan fingerprint density at radius 1 is 1.29 bits per heavy atom. The lowest BCUT2D eigenvalue weighted by atomic mass is 9.67. The zero-order valence-corrected chi connectivity index (χ0v) is 14.0. The molecule has 21 heavy (non-hydrogen) atoms. The van der Waals surface area contributed by atoms with Crippen molar-refractivity contribution in [3.05, 3.63) is 35.1 Å². The van der Waals surface area contributed by atoms with Crippen molar-refractivity contribution in [1.29, 1.82) is 0 Å². The lowest BCUT2D eigenvalue weighted by molar-refractivity contribution is 0.190. The zero-order chi connectivity index (χ0) is 15.4. The minimum Gasteiger partial charge on any atom is -0.317 e. The van der Waals surface area contributed by atoms with Crippen molar-refractivity contribution >= 4 is 0 Å². The van der Waals surface area contributed by atoms with Gasteiger partial charge in [0.2, 0.25) is 0 Å². The highest BCUT2D eigenvalue weighted by molar-refractivity contribution is 5.31. The Morgan fingerprint density at radius 2 is 2.05 bits per heavy atom. The molecule has 0 aliphatic heterocycles. The van der Waals surface area contributed by atoms with Gasteiger partial charge in [0, 0.05) is 0 Å². The Morgan fingerprint density at radius 3 is 2.71 bits per heavy atom. The first-order valence-corrected chi connectivity index (χ1v) is 8.49. The molecule has 1 nitrogen and oxygen atoms in total. The number of nitrogens with one attached hydrogen (secondary N) is 1. The summed E-state index contributed by atoms with van der Waals surface area (Å²) >= 11 is 0. The highest BCUT2D eigenvalue weighted by atomic mass is 19.1. The topological polar surface area (TPSA) is 12.0 Å². The van der Waals surface area contributed by atoms with Gasteiger partial charge in [0.15, 0.2) is 0 Å². The van der Waals surface area contributed by atoms with Gasteiger partial charge in [-0.25, -0.2) is 4.39 Å². The molecule has 1 aromatic carbocycles. The summed E-state index contributed by atoms with van der Waals surface area (Å²) in [7, 11) is 0. The number of rotatable bonds is 5.